The summed E-state index contributed by atoms with van der Waals surface area (Å²) in [5.41, 5.74) is 4.92. The highest BCUT2D eigenvalue weighted by Crippen LogP contribution is 2.30. The molecule has 0 unspecified atom stereocenters. The third-order valence-electron chi connectivity index (χ3n) is 4.90. The van der Waals surface area contributed by atoms with Crippen LogP contribution in [0.3, 0.4) is 0 Å². The summed E-state index contributed by atoms with van der Waals surface area (Å²) in [6.45, 7) is 6.29. The Hall–Kier alpha value is -1.71. The van der Waals surface area contributed by atoms with E-state index in [0.29, 0.717) is 15.6 Å². The third-order valence-corrected chi connectivity index (χ3v) is 5.61. The van der Waals surface area contributed by atoms with Gasteiger partial charge in [0.25, 0.3) is 0 Å². The van der Waals surface area contributed by atoms with Crippen LogP contribution in [0.25, 0.3) is 0 Å². The Kier molecular flexibility index (Phi) is 6.10. The lowest BCUT2D eigenvalue weighted by molar-refractivity contribution is -0.115. The second-order valence-electron chi connectivity index (χ2n) is 6.93. The van der Waals surface area contributed by atoms with E-state index in [0.717, 1.165) is 29.9 Å². The minimum Gasteiger partial charge on any atom is -0.372 e. The number of anilines is 2. The Morgan fingerprint density at radius 3 is 2.19 bits per heavy atom. The van der Waals surface area contributed by atoms with E-state index < -0.39 is 0 Å². The van der Waals surface area contributed by atoms with Crippen LogP contribution in [0.4, 0.5) is 11.4 Å². The number of rotatable bonds is 4. The van der Waals surface area contributed by atoms with Gasteiger partial charge in [0.1, 0.15) is 0 Å². The molecule has 0 saturated carbocycles. The van der Waals surface area contributed by atoms with E-state index in [-0.39, 0.29) is 12.3 Å². The van der Waals surface area contributed by atoms with E-state index in [1.807, 2.05) is 13.8 Å². The molecule has 138 valence electrons. The van der Waals surface area contributed by atoms with Gasteiger partial charge in [-0.25, -0.2) is 0 Å². The number of halogens is 2. The zero-order chi connectivity index (χ0) is 18.7. The minimum absolute atomic E-state index is 0.114. The van der Waals surface area contributed by atoms with Crippen molar-refractivity contribution in [3.05, 3.63) is 57.1 Å². The molecule has 1 aliphatic rings. The van der Waals surface area contributed by atoms with Crippen molar-refractivity contribution in [2.75, 3.05) is 23.3 Å². The number of piperidine rings is 1. The number of carbonyl (C=O) groups is 1. The van der Waals surface area contributed by atoms with E-state index in [4.69, 9.17) is 23.2 Å². The maximum Gasteiger partial charge on any atom is 0.228 e. The van der Waals surface area contributed by atoms with E-state index in [1.54, 1.807) is 18.2 Å². The van der Waals surface area contributed by atoms with Gasteiger partial charge in [0.2, 0.25) is 5.91 Å². The Bertz CT molecular complexity index is 770. The molecule has 0 radical (unpaired) electrons. The number of carbonyl (C=O) groups excluding carboxylic acids is 1. The summed E-state index contributed by atoms with van der Waals surface area (Å²) < 4.78 is 0. The van der Waals surface area contributed by atoms with Crippen LogP contribution in [0.1, 0.15) is 36.0 Å². The van der Waals surface area contributed by atoms with Gasteiger partial charge in [-0.05, 0) is 74.1 Å². The zero-order valence-electron chi connectivity index (χ0n) is 15.2. The van der Waals surface area contributed by atoms with E-state index in [1.165, 1.54) is 24.9 Å². The second-order valence-corrected chi connectivity index (χ2v) is 7.74. The molecule has 1 fully saturated rings. The van der Waals surface area contributed by atoms with Crippen molar-refractivity contribution in [3.8, 4) is 0 Å². The van der Waals surface area contributed by atoms with Gasteiger partial charge in [-0.15, -0.1) is 0 Å². The predicted octanol–water partition coefficient (Wildman–Crippen LogP) is 5.78. The van der Waals surface area contributed by atoms with Crippen LogP contribution < -0.4 is 10.2 Å². The summed E-state index contributed by atoms with van der Waals surface area (Å²) in [6.07, 6.45) is 3.96. The first kappa shape index (κ1) is 19.1. The van der Waals surface area contributed by atoms with Crippen molar-refractivity contribution >= 4 is 40.5 Å². The summed E-state index contributed by atoms with van der Waals surface area (Å²) >= 11 is 12.4. The number of nitrogens with one attached hydrogen (secondary N) is 1. The molecule has 1 N–H and O–H groups in total. The van der Waals surface area contributed by atoms with Crippen molar-refractivity contribution in [1.29, 1.82) is 0 Å². The average molecular weight is 391 g/mol. The normalized spacial score (nSPS) is 14.4. The Labute approximate surface area is 165 Å². The monoisotopic (exact) mass is 390 g/mol. The predicted molar refractivity (Wildman–Crippen MR) is 111 cm³/mol. The van der Waals surface area contributed by atoms with Crippen LogP contribution >= 0.6 is 23.2 Å². The van der Waals surface area contributed by atoms with Gasteiger partial charge in [-0.2, -0.15) is 0 Å². The van der Waals surface area contributed by atoms with E-state index in [9.17, 15) is 4.79 Å². The fourth-order valence-electron chi connectivity index (χ4n) is 3.52. The van der Waals surface area contributed by atoms with Crippen LogP contribution in [0.15, 0.2) is 30.3 Å². The van der Waals surface area contributed by atoms with Crippen LogP contribution in [-0.2, 0) is 11.2 Å². The van der Waals surface area contributed by atoms with Gasteiger partial charge in [0.15, 0.2) is 0 Å². The first-order valence-electron chi connectivity index (χ1n) is 9.04. The smallest absolute Gasteiger partial charge is 0.228 e. The van der Waals surface area contributed by atoms with Crippen molar-refractivity contribution in [2.24, 2.45) is 0 Å². The van der Waals surface area contributed by atoms with Crippen LogP contribution in [0.2, 0.25) is 10.0 Å². The van der Waals surface area contributed by atoms with Crippen molar-refractivity contribution in [1.82, 2.24) is 0 Å². The number of amides is 1. The second kappa shape index (κ2) is 8.32. The number of nitrogens with zero attached hydrogens (tertiary/aromatic N) is 1. The standard InChI is InChI=1S/C21H24Cl2N2O/c1-14-11-16(25-9-4-3-5-10-25)12-15(2)21(14)24-20(26)13-17-18(22)7-6-8-19(17)23/h6-8,11-12H,3-5,9-10,13H2,1-2H3,(H,24,26). The molecule has 0 atom stereocenters. The molecule has 1 amide bonds. The van der Waals surface area contributed by atoms with Crippen LogP contribution in [0.5, 0.6) is 0 Å². The molecule has 0 bridgehead atoms. The topological polar surface area (TPSA) is 32.3 Å². The highest BCUT2D eigenvalue weighted by Gasteiger charge is 2.16. The molecular weight excluding hydrogens is 367 g/mol. The molecule has 1 heterocycles. The van der Waals surface area contributed by atoms with Gasteiger partial charge in [0.05, 0.1) is 6.42 Å². The first-order valence-corrected chi connectivity index (χ1v) is 9.80. The molecule has 1 saturated heterocycles. The molecule has 2 aromatic rings. The van der Waals surface area contributed by atoms with Crippen LogP contribution in [-0.4, -0.2) is 19.0 Å². The molecule has 0 aromatic heterocycles. The minimum atomic E-state index is -0.114. The Balaban J connectivity index is 1.76. The fourth-order valence-corrected chi connectivity index (χ4v) is 4.05. The maximum atomic E-state index is 12.5. The number of hydrogen-bond acceptors (Lipinski definition) is 2. The number of hydrogen-bond donors (Lipinski definition) is 1. The zero-order valence-corrected chi connectivity index (χ0v) is 16.8. The SMILES string of the molecule is Cc1cc(N2CCCCC2)cc(C)c1NC(=O)Cc1c(Cl)cccc1Cl. The highest BCUT2D eigenvalue weighted by molar-refractivity contribution is 6.36. The molecule has 26 heavy (non-hydrogen) atoms. The lowest BCUT2D eigenvalue weighted by atomic mass is 10.0. The van der Waals surface area contributed by atoms with Gasteiger partial charge in [-0.3, -0.25) is 4.79 Å². The lowest BCUT2D eigenvalue weighted by Gasteiger charge is -2.30. The lowest BCUT2D eigenvalue weighted by Crippen LogP contribution is -2.29. The highest BCUT2D eigenvalue weighted by atomic mass is 35.5. The van der Waals surface area contributed by atoms with E-state index >= 15 is 0 Å². The van der Waals surface area contributed by atoms with Gasteiger partial charge in [-0.1, -0.05) is 29.3 Å². The quantitative estimate of drug-likeness (QED) is 0.716. The fraction of sp³-hybridized carbons (Fsp3) is 0.381. The molecule has 0 aliphatic carbocycles. The molecule has 2 aromatic carbocycles. The maximum absolute atomic E-state index is 12.5. The van der Waals surface area contributed by atoms with Crippen molar-refractivity contribution in [2.45, 2.75) is 39.5 Å². The van der Waals surface area contributed by atoms with Gasteiger partial charge in [0, 0.05) is 34.5 Å². The van der Waals surface area contributed by atoms with Crippen molar-refractivity contribution < 1.29 is 4.79 Å². The van der Waals surface area contributed by atoms with Crippen molar-refractivity contribution in [3.63, 3.8) is 0 Å². The molecule has 5 heteroatoms. The molecule has 3 rings (SSSR count). The molecule has 3 nitrogen and oxygen atoms in total. The summed E-state index contributed by atoms with van der Waals surface area (Å²) in [5, 5.41) is 4.07. The number of aryl methyl sites for hydroxylation is 2. The summed E-state index contributed by atoms with van der Waals surface area (Å²) in [4.78, 5) is 15.0. The molecule has 0 spiro atoms. The first-order chi connectivity index (χ1) is 12.5. The third kappa shape index (κ3) is 4.33. The summed E-state index contributed by atoms with van der Waals surface area (Å²) in [5.74, 6) is -0.114. The van der Waals surface area contributed by atoms with E-state index in [2.05, 4.69) is 22.3 Å². The average Bonchev–Trinajstić information content (AvgIpc) is 2.62. The largest absolute Gasteiger partial charge is 0.372 e. The van der Waals surface area contributed by atoms with Gasteiger partial charge < -0.3 is 10.2 Å². The Morgan fingerprint density at radius 2 is 1.62 bits per heavy atom. The Morgan fingerprint density at radius 1 is 1.04 bits per heavy atom. The number of benzene rings is 2. The molecule has 1 aliphatic heterocycles. The summed E-state index contributed by atoms with van der Waals surface area (Å²) in [7, 11) is 0. The molecular formula is C21H24Cl2N2O. The van der Waals surface area contributed by atoms with Crippen LogP contribution in [0, 0.1) is 13.8 Å². The van der Waals surface area contributed by atoms with Gasteiger partial charge >= 0.3 is 0 Å². The summed E-state index contributed by atoms with van der Waals surface area (Å²) in [6, 6.07) is 9.60.